The molecule has 0 saturated carbocycles. The Kier molecular flexibility index (Phi) is 11.3. The SMILES string of the molecule is CCCCCCC#CCCC/C=C/C[Si](C)(C)C. The summed E-state index contributed by atoms with van der Waals surface area (Å²) < 4.78 is 0. The van der Waals surface area contributed by atoms with Gasteiger partial charge in [-0.3, -0.25) is 0 Å². The van der Waals surface area contributed by atoms with Crippen LogP contribution in [-0.4, -0.2) is 8.07 Å². The molecular formula is C17H32Si. The maximum absolute atomic E-state index is 3.29. The summed E-state index contributed by atoms with van der Waals surface area (Å²) in [4.78, 5) is 0. The van der Waals surface area contributed by atoms with Gasteiger partial charge in [0.05, 0.1) is 0 Å². The molecule has 1 heteroatoms. The lowest BCUT2D eigenvalue weighted by Gasteiger charge is -2.11. The average Bonchev–Trinajstić information content (AvgIpc) is 2.29. The van der Waals surface area contributed by atoms with Gasteiger partial charge < -0.3 is 0 Å². The van der Waals surface area contributed by atoms with Crippen molar-refractivity contribution in [3.8, 4) is 11.8 Å². The Morgan fingerprint density at radius 3 is 2.11 bits per heavy atom. The highest BCUT2D eigenvalue weighted by Gasteiger charge is 2.08. The fourth-order valence-electron chi connectivity index (χ4n) is 1.68. The summed E-state index contributed by atoms with van der Waals surface area (Å²) in [5.41, 5.74) is 0. The smallest absolute Gasteiger partial charge is 0.0480 e. The summed E-state index contributed by atoms with van der Waals surface area (Å²) >= 11 is 0. The molecular weight excluding hydrogens is 232 g/mol. The van der Waals surface area contributed by atoms with Crippen LogP contribution >= 0.6 is 0 Å². The van der Waals surface area contributed by atoms with E-state index in [1.54, 1.807) is 0 Å². The molecule has 0 aromatic carbocycles. The van der Waals surface area contributed by atoms with Crippen molar-refractivity contribution in [3.63, 3.8) is 0 Å². The lowest BCUT2D eigenvalue weighted by atomic mass is 10.1. The van der Waals surface area contributed by atoms with Gasteiger partial charge in [0.2, 0.25) is 0 Å². The minimum atomic E-state index is -0.869. The minimum absolute atomic E-state index is 0.869. The fraction of sp³-hybridized carbons (Fsp3) is 0.765. The second-order valence-electron chi connectivity index (χ2n) is 6.29. The molecule has 0 amide bonds. The van der Waals surface area contributed by atoms with Gasteiger partial charge in [-0.25, -0.2) is 0 Å². The Morgan fingerprint density at radius 2 is 1.50 bits per heavy atom. The zero-order chi connectivity index (χ0) is 13.7. The second kappa shape index (κ2) is 11.6. The van der Waals surface area contributed by atoms with Crippen molar-refractivity contribution in [2.24, 2.45) is 0 Å². The monoisotopic (exact) mass is 264 g/mol. The molecule has 0 rings (SSSR count). The number of unbranched alkanes of at least 4 members (excludes halogenated alkanes) is 6. The van der Waals surface area contributed by atoms with Crippen molar-refractivity contribution in [2.75, 3.05) is 0 Å². The van der Waals surface area contributed by atoms with E-state index in [1.165, 1.54) is 44.6 Å². The van der Waals surface area contributed by atoms with Crippen LogP contribution in [0.1, 0.15) is 58.3 Å². The van der Waals surface area contributed by atoms with Crippen molar-refractivity contribution in [1.82, 2.24) is 0 Å². The molecule has 0 atom stereocenters. The van der Waals surface area contributed by atoms with Crippen LogP contribution in [0.3, 0.4) is 0 Å². The van der Waals surface area contributed by atoms with E-state index in [9.17, 15) is 0 Å². The summed E-state index contributed by atoms with van der Waals surface area (Å²) in [5, 5.41) is 0. The van der Waals surface area contributed by atoms with Gasteiger partial charge in [-0.1, -0.05) is 58.0 Å². The van der Waals surface area contributed by atoms with Crippen LogP contribution in [0, 0.1) is 11.8 Å². The normalized spacial score (nSPS) is 11.6. The Balaban J connectivity index is 3.32. The second-order valence-corrected chi connectivity index (χ2v) is 11.8. The van der Waals surface area contributed by atoms with E-state index in [-0.39, 0.29) is 0 Å². The molecule has 0 aliphatic rings. The van der Waals surface area contributed by atoms with Crippen molar-refractivity contribution in [1.29, 1.82) is 0 Å². The first-order valence-corrected chi connectivity index (χ1v) is 11.4. The van der Waals surface area contributed by atoms with Crippen molar-refractivity contribution in [2.45, 2.75) is 84.0 Å². The molecule has 0 saturated heterocycles. The summed E-state index contributed by atoms with van der Waals surface area (Å²) in [7, 11) is -0.869. The molecule has 0 unspecified atom stereocenters. The van der Waals surface area contributed by atoms with E-state index in [0.29, 0.717) is 0 Å². The maximum atomic E-state index is 3.29. The van der Waals surface area contributed by atoms with Crippen LogP contribution in [-0.2, 0) is 0 Å². The predicted octanol–water partition coefficient (Wildman–Crippen LogP) is 6.02. The van der Waals surface area contributed by atoms with E-state index in [0.717, 1.165) is 12.8 Å². The third-order valence-electron chi connectivity index (χ3n) is 2.85. The third kappa shape index (κ3) is 15.5. The first kappa shape index (κ1) is 17.5. The summed E-state index contributed by atoms with van der Waals surface area (Å²) in [5.74, 6) is 6.59. The highest BCUT2D eigenvalue weighted by Crippen LogP contribution is 2.09. The molecule has 0 aromatic heterocycles. The molecule has 0 fully saturated rings. The standard InChI is InChI=1S/C17H32Si/c1-5-6-7-8-9-10-11-12-13-14-15-16-17-18(2,3)4/h15-16H,5-9,12-14,17H2,1-4H3/b16-15+. The van der Waals surface area contributed by atoms with Crippen LogP contribution in [0.2, 0.25) is 25.7 Å². The van der Waals surface area contributed by atoms with E-state index in [4.69, 9.17) is 0 Å². The van der Waals surface area contributed by atoms with Crippen molar-refractivity contribution < 1.29 is 0 Å². The Morgan fingerprint density at radius 1 is 0.833 bits per heavy atom. The Labute approximate surface area is 116 Å². The van der Waals surface area contributed by atoms with E-state index in [2.05, 4.69) is 50.6 Å². The molecule has 0 aromatic rings. The van der Waals surface area contributed by atoms with E-state index in [1.807, 2.05) is 0 Å². The summed E-state index contributed by atoms with van der Waals surface area (Å²) in [6, 6.07) is 1.32. The van der Waals surface area contributed by atoms with Gasteiger partial charge in [0.1, 0.15) is 0 Å². The van der Waals surface area contributed by atoms with Crippen LogP contribution in [0.5, 0.6) is 0 Å². The average molecular weight is 265 g/mol. The van der Waals surface area contributed by atoms with E-state index >= 15 is 0 Å². The first-order valence-electron chi connectivity index (χ1n) is 7.67. The molecule has 104 valence electrons. The van der Waals surface area contributed by atoms with Crippen molar-refractivity contribution >= 4 is 8.07 Å². The van der Waals surface area contributed by atoms with Gasteiger partial charge in [-0.05, 0) is 25.3 Å². The van der Waals surface area contributed by atoms with Gasteiger partial charge in [-0.15, -0.1) is 11.8 Å². The number of allylic oxidation sites excluding steroid dienone is 2. The summed E-state index contributed by atoms with van der Waals surface area (Å²) in [6.07, 6.45) is 14.7. The van der Waals surface area contributed by atoms with Crippen molar-refractivity contribution in [3.05, 3.63) is 12.2 Å². The zero-order valence-electron chi connectivity index (χ0n) is 13.0. The highest BCUT2D eigenvalue weighted by atomic mass is 28.3. The maximum Gasteiger partial charge on any atom is 0.0480 e. The third-order valence-corrected chi connectivity index (χ3v) is 4.31. The molecule has 0 N–H and O–H groups in total. The fourth-order valence-corrected chi connectivity index (χ4v) is 2.55. The van der Waals surface area contributed by atoms with Crippen LogP contribution in [0.15, 0.2) is 12.2 Å². The molecule has 0 bridgehead atoms. The molecule has 0 heterocycles. The Bertz CT molecular complexity index is 260. The quantitative estimate of drug-likeness (QED) is 0.206. The number of rotatable bonds is 9. The minimum Gasteiger partial charge on any atom is -0.103 e. The van der Waals surface area contributed by atoms with Gasteiger partial charge >= 0.3 is 0 Å². The van der Waals surface area contributed by atoms with Gasteiger partial charge in [-0.2, -0.15) is 0 Å². The lowest BCUT2D eigenvalue weighted by molar-refractivity contribution is 0.679. The molecule has 0 aliphatic carbocycles. The molecule has 0 radical (unpaired) electrons. The topological polar surface area (TPSA) is 0 Å². The Hall–Kier alpha value is -0.483. The van der Waals surface area contributed by atoms with Gasteiger partial charge in [0, 0.05) is 20.9 Å². The molecule has 0 aliphatic heterocycles. The van der Waals surface area contributed by atoms with Gasteiger partial charge in [0.25, 0.3) is 0 Å². The lowest BCUT2D eigenvalue weighted by Crippen LogP contribution is -2.17. The van der Waals surface area contributed by atoms with Gasteiger partial charge in [0.15, 0.2) is 0 Å². The zero-order valence-corrected chi connectivity index (χ0v) is 14.0. The van der Waals surface area contributed by atoms with Crippen LogP contribution in [0.4, 0.5) is 0 Å². The number of hydrogen-bond acceptors (Lipinski definition) is 0. The summed E-state index contributed by atoms with van der Waals surface area (Å²) in [6.45, 7) is 9.51. The van der Waals surface area contributed by atoms with Crippen LogP contribution in [0.25, 0.3) is 0 Å². The number of hydrogen-bond donors (Lipinski definition) is 0. The van der Waals surface area contributed by atoms with E-state index < -0.39 is 8.07 Å². The van der Waals surface area contributed by atoms with Crippen LogP contribution < -0.4 is 0 Å². The highest BCUT2D eigenvalue weighted by molar-refractivity contribution is 6.76. The largest absolute Gasteiger partial charge is 0.103 e. The molecule has 0 spiro atoms. The molecule has 0 nitrogen and oxygen atoms in total. The molecule has 18 heavy (non-hydrogen) atoms. The predicted molar refractivity (Wildman–Crippen MR) is 87.7 cm³/mol. The first-order chi connectivity index (χ1) is 8.56.